The highest BCUT2D eigenvalue weighted by Crippen LogP contribution is 2.28. The summed E-state index contributed by atoms with van der Waals surface area (Å²) in [5, 5.41) is 8.78. The highest BCUT2D eigenvalue weighted by atomic mass is 16.5. The lowest BCUT2D eigenvalue weighted by Crippen LogP contribution is -2.44. The normalized spacial score (nSPS) is 18.8. The topological polar surface area (TPSA) is 85.1 Å². The number of carbonyl (C=O) groups excluding carboxylic acids is 1. The van der Waals surface area contributed by atoms with Crippen LogP contribution in [0.15, 0.2) is 30.5 Å². The molecule has 1 aliphatic rings. The molecule has 8 nitrogen and oxygen atoms in total. The van der Waals surface area contributed by atoms with Crippen molar-refractivity contribution in [3.8, 4) is 5.75 Å². The van der Waals surface area contributed by atoms with Gasteiger partial charge in [-0.05, 0) is 51.5 Å². The maximum absolute atomic E-state index is 12.7. The highest BCUT2D eigenvalue weighted by molar-refractivity contribution is 5.83. The van der Waals surface area contributed by atoms with Crippen molar-refractivity contribution >= 4 is 16.8 Å². The summed E-state index contributed by atoms with van der Waals surface area (Å²) in [5.74, 6) is 0.860. The van der Waals surface area contributed by atoms with Crippen molar-refractivity contribution in [3.63, 3.8) is 0 Å². The summed E-state index contributed by atoms with van der Waals surface area (Å²) in [7, 11) is 1.67. The zero-order chi connectivity index (χ0) is 21.3. The van der Waals surface area contributed by atoms with Gasteiger partial charge in [0.05, 0.1) is 18.8 Å². The first-order valence-electron chi connectivity index (χ1n) is 10.5. The lowest BCUT2D eigenvalue weighted by molar-refractivity contribution is -0.122. The van der Waals surface area contributed by atoms with E-state index in [1.165, 1.54) is 5.56 Å². The molecule has 3 aromatic rings. The van der Waals surface area contributed by atoms with Crippen molar-refractivity contribution in [3.05, 3.63) is 47.4 Å². The fourth-order valence-electron chi connectivity index (χ4n) is 4.36. The van der Waals surface area contributed by atoms with Crippen LogP contribution in [0, 0.1) is 13.8 Å². The van der Waals surface area contributed by atoms with Gasteiger partial charge in [0, 0.05) is 48.0 Å². The van der Waals surface area contributed by atoms with Gasteiger partial charge in [0.2, 0.25) is 5.91 Å². The first-order chi connectivity index (χ1) is 14.5. The molecule has 0 bridgehead atoms. The standard InChI is InChI=1S/C22H30N6O2/c1-5-28-15(3)21(14(2)26-28)18-13-19(25-24-18)22(29)23-9-11-27-10-8-16-12-17(30-4)6-7-20(16)27/h6-8,10,12,18-19,24-25H,5,9,11,13H2,1-4H3,(H,23,29). The van der Waals surface area contributed by atoms with Crippen molar-refractivity contribution in [1.29, 1.82) is 0 Å². The number of methoxy groups -OCH3 is 1. The maximum Gasteiger partial charge on any atom is 0.238 e. The summed E-state index contributed by atoms with van der Waals surface area (Å²) in [6.45, 7) is 8.34. The summed E-state index contributed by atoms with van der Waals surface area (Å²) in [6.07, 6.45) is 2.74. The number of amides is 1. The molecule has 2 unspecified atom stereocenters. The number of hydrogen-bond donors (Lipinski definition) is 3. The molecule has 2 atom stereocenters. The van der Waals surface area contributed by atoms with Crippen LogP contribution in [0.4, 0.5) is 0 Å². The van der Waals surface area contributed by atoms with Crippen LogP contribution in [0.1, 0.15) is 36.3 Å². The van der Waals surface area contributed by atoms with Crippen LogP contribution in [0.2, 0.25) is 0 Å². The van der Waals surface area contributed by atoms with Crippen LogP contribution in [0.3, 0.4) is 0 Å². The Hall–Kier alpha value is -2.84. The molecule has 3 heterocycles. The van der Waals surface area contributed by atoms with Crippen LogP contribution >= 0.6 is 0 Å². The summed E-state index contributed by atoms with van der Waals surface area (Å²) >= 11 is 0. The minimum Gasteiger partial charge on any atom is -0.497 e. The molecule has 160 valence electrons. The van der Waals surface area contributed by atoms with Gasteiger partial charge in [0.1, 0.15) is 11.8 Å². The Morgan fingerprint density at radius 2 is 2.13 bits per heavy atom. The van der Waals surface area contributed by atoms with Crippen LogP contribution in [-0.2, 0) is 17.9 Å². The number of nitrogens with zero attached hydrogens (tertiary/aromatic N) is 3. The Morgan fingerprint density at radius 1 is 1.30 bits per heavy atom. The molecule has 1 fully saturated rings. The molecule has 1 saturated heterocycles. The molecule has 3 N–H and O–H groups in total. The number of ether oxygens (including phenoxy) is 1. The molecule has 0 saturated carbocycles. The maximum atomic E-state index is 12.7. The smallest absolute Gasteiger partial charge is 0.238 e. The monoisotopic (exact) mass is 410 g/mol. The second kappa shape index (κ2) is 8.49. The van der Waals surface area contributed by atoms with E-state index in [-0.39, 0.29) is 18.0 Å². The number of benzene rings is 1. The molecule has 30 heavy (non-hydrogen) atoms. The van der Waals surface area contributed by atoms with E-state index in [4.69, 9.17) is 4.74 Å². The van der Waals surface area contributed by atoms with Crippen molar-refractivity contribution in [1.82, 2.24) is 30.5 Å². The lowest BCUT2D eigenvalue weighted by atomic mass is 10.00. The largest absolute Gasteiger partial charge is 0.497 e. The molecule has 8 heteroatoms. The fourth-order valence-corrected chi connectivity index (χ4v) is 4.36. The molecule has 1 aromatic carbocycles. The second-order valence-electron chi connectivity index (χ2n) is 7.75. The van der Waals surface area contributed by atoms with Crippen LogP contribution in [0.5, 0.6) is 5.75 Å². The average molecular weight is 411 g/mol. The number of carbonyl (C=O) groups is 1. The van der Waals surface area contributed by atoms with Gasteiger partial charge in [-0.1, -0.05) is 0 Å². The zero-order valence-electron chi connectivity index (χ0n) is 18.0. The van der Waals surface area contributed by atoms with Crippen LogP contribution in [-0.4, -0.2) is 40.0 Å². The molecule has 0 radical (unpaired) electrons. The van der Waals surface area contributed by atoms with Crippen LogP contribution in [0.25, 0.3) is 10.9 Å². The number of rotatable bonds is 7. The van der Waals surface area contributed by atoms with E-state index in [0.29, 0.717) is 19.5 Å². The lowest BCUT2D eigenvalue weighted by Gasteiger charge is -2.12. The number of aromatic nitrogens is 3. The van der Waals surface area contributed by atoms with Gasteiger partial charge >= 0.3 is 0 Å². The van der Waals surface area contributed by atoms with Crippen molar-refractivity contribution in [2.75, 3.05) is 13.7 Å². The zero-order valence-corrected chi connectivity index (χ0v) is 18.0. The van der Waals surface area contributed by atoms with Gasteiger partial charge in [-0.25, -0.2) is 10.9 Å². The van der Waals surface area contributed by atoms with Gasteiger partial charge in [-0.3, -0.25) is 9.48 Å². The SMILES string of the molecule is CCn1nc(C)c(C2CC(C(=O)NCCn3ccc4cc(OC)ccc43)NN2)c1C. The van der Waals surface area contributed by atoms with E-state index in [1.54, 1.807) is 7.11 Å². The predicted octanol–water partition coefficient (Wildman–Crippen LogP) is 2.21. The number of aryl methyl sites for hydroxylation is 2. The molecule has 0 aliphatic carbocycles. The van der Waals surface area contributed by atoms with E-state index < -0.39 is 0 Å². The van der Waals surface area contributed by atoms with Crippen molar-refractivity contribution in [2.45, 2.75) is 52.4 Å². The quantitative estimate of drug-likeness (QED) is 0.556. The highest BCUT2D eigenvalue weighted by Gasteiger charge is 2.32. The Balaban J connectivity index is 1.33. The van der Waals surface area contributed by atoms with E-state index in [1.807, 2.05) is 36.0 Å². The first-order valence-corrected chi connectivity index (χ1v) is 10.5. The molecule has 4 rings (SSSR count). The second-order valence-corrected chi connectivity index (χ2v) is 7.75. The Bertz CT molecular complexity index is 1050. The average Bonchev–Trinajstić information content (AvgIpc) is 3.45. The third-order valence-electron chi connectivity index (χ3n) is 5.94. The number of nitrogens with one attached hydrogen (secondary N) is 3. The number of fused-ring (bicyclic) bond motifs is 1. The minimum atomic E-state index is -0.260. The van der Waals surface area contributed by atoms with Gasteiger partial charge in [0.25, 0.3) is 0 Å². The van der Waals surface area contributed by atoms with Crippen molar-refractivity contribution < 1.29 is 9.53 Å². The minimum absolute atomic E-state index is 0.0151. The predicted molar refractivity (Wildman–Crippen MR) is 116 cm³/mol. The fraction of sp³-hybridized carbons (Fsp3) is 0.455. The third kappa shape index (κ3) is 3.80. The molecular formula is C22H30N6O2. The Morgan fingerprint density at radius 3 is 2.87 bits per heavy atom. The van der Waals surface area contributed by atoms with Gasteiger partial charge < -0.3 is 14.6 Å². The van der Waals surface area contributed by atoms with Gasteiger partial charge in [-0.15, -0.1) is 0 Å². The van der Waals surface area contributed by atoms with E-state index in [0.717, 1.165) is 34.6 Å². The summed E-state index contributed by atoms with van der Waals surface area (Å²) in [4.78, 5) is 12.7. The van der Waals surface area contributed by atoms with E-state index >= 15 is 0 Å². The number of hydrazine groups is 1. The van der Waals surface area contributed by atoms with E-state index in [2.05, 4.69) is 45.7 Å². The molecular weight excluding hydrogens is 380 g/mol. The molecule has 2 aromatic heterocycles. The Kier molecular flexibility index (Phi) is 5.78. The van der Waals surface area contributed by atoms with Crippen molar-refractivity contribution in [2.24, 2.45) is 0 Å². The number of hydrogen-bond acceptors (Lipinski definition) is 5. The molecule has 1 aliphatic heterocycles. The summed E-state index contributed by atoms with van der Waals surface area (Å²) in [6, 6.07) is 7.91. The Labute approximate surface area is 176 Å². The summed E-state index contributed by atoms with van der Waals surface area (Å²) in [5.41, 5.74) is 10.9. The first kappa shape index (κ1) is 20.4. The molecule has 1 amide bonds. The van der Waals surface area contributed by atoms with Gasteiger partial charge in [0.15, 0.2) is 0 Å². The third-order valence-corrected chi connectivity index (χ3v) is 5.94. The van der Waals surface area contributed by atoms with Gasteiger partial charge in [-0.2, -0.15) is 5.10 Å². The molecule has 0 spiro atoms. The summed E-state index contributed by atoms with van der Waals surface area (Å²) < 4.78 is 9.43. The van der Waals surface area contributed by atoms with Crippen LogP contribution < -0.4 is 20.9 Å². The van der Waals surface area contributed by atoms with E-state index in [9.17, 15) is 4.79 Å².